The molecule has 0 spiro atoms. The fourth-order valence-corrected chi connectivity index (χ4v) is 1.32. The lowest BCUT2D eigenvalue weighted by Gasteiger charge is -2.13. The number of aryl methyl sites for hydroxylation is 1. The Balaban J connectivity index is 2.59. The van der Waals surface area contributed by atoms with Gasteiger partial charge in [0.05, 0.1) is 13.2 Å². The molecule has 0 saturated carbocycles. The Bertz CT molecular complexity index is 325. The van der Waals surface area contributed by atoms with Gasteiger partial charge in [0.25, 0.3) is 0 Å². The van der Waals surface area contributed by atoms with Gasteiger partial charge < -0.3 is 18.9 Å². The summed E-state index contributed by atoms with van der Waals surface area (Å²) in [6, 6.07) is 5.86. The second kappa shape index (κ2) is 7.92. The first kappa shape index (κ1) is 13.8. The summed E-state index contributed by atoms with van der Waals surface area (Å²) in [7, 11) is 3.30. The van der Waals surface area contributed by atoms with Gasteiger partial charge in [-0.1, -0.05) is 6.07 Å². The highest BCUT2D eigenvalue weighted by Crippen LogP contribution is 2.28. The van der Waals surface area contributed by atoms with Gasteiger partial charge in [-0.2, -0.15) is 0 Å². The summed E-state index contributed by atoms with van der Waals surface area (Å²) in [6.07, 6.45) is 0. The predicted molar refractivity (Wildman–Crippen MR) is 65.9 cm³/mol. The van der Waals surface area contributed by atoms with Gasteiger partial charge in [-0.3, -0.25) is 0 Å². The standard InChI is InChI=1S/C13H20O4/c1-11-4-5-12(16-8-6-14-2)13(10-11)17-9-7-15-3/h4-5,10H,6-9H2,1-3H3. The maximum Gasteiger partial charge on any atom is 0.161 e. The molecule has 0 atom stereocenters. The van der Waals surface area contributed by atoms with Crippen molar-refractivity contribution in [3.63, 3.8) is 0 Å². The molecule has 0 unspecified atom stereocenters. The third-order valence-corrected chi connectivity index (χ3v) is 2.19. The van der Waals surface area contributed by atoms with Crippen LogP contribution in [0.15, 0.2) is 18.2 Å². The van der Waals surface area contributed by atoms with Gasteiger partial charge in [0.2, 0.25) is 0 Å². The SMILES string of the molecule is COCCOc1ccc(C)cc1OCCOC. The zero-order chi connectivity index (χ0) is 12.5. The van der Waals surface area contributed by atoms with Crippen LogP contribution in [0.25, 0.3) is 0 Å². The Morgan fingerprint density at radius 1 is 0.824 bits per heavy atom. The van der Waals surface area contributed by atoms with Crippen LogP contribution in [0.2, 0.25) is 0 Å². The van der Waals surface area contributed by atoms with Gasteiger partial charge in [-0.05, 0) is 24.6 Å². The average molecular weight is 240 g/mol. The molecule has 0 fully saturated rings. The fourth-order valence-electron chi connectivity index (χ4n) is 1.32. The smallest absolute Gasteiger partial charge is 0.161 e. The van der Waals surface area contributed by atoms with Crippen molar-refractivity contribution in [3.05, 3.63) is 23.8 Å². The Kier molecular flexibility index (Phi) is 6.43. The van der Waals surface area contributed by atoms with Gasteiger partial charge in [-0.25, -0.2) is 0 Å². The van der Waals surface area contributed by atoms with Crippen LogP contribution >= 0.6 is 0 Å². The minimum Gasteiger partial charge on any atom is -0.487 e. The Hall–Kier alpha value is -1.26. The zero-order valence-electron chi connectivity index (χ0n) is 10.7. The maximum atomic E-state index is 5.60. The molecule has 1 aromatic carbocycles. The molecule has 4 nitrogen and oxygen atoms in total. The summed E-state index contributed by atoms with van der Waals surface area (Å²) in [5.74, 6) is 1.49. The quantitative estimate of drug-likeness (QED) is 0.652. The van der Waals surface area contributed by atoms with Crippen molar-refractivity contribution in [2.24, 2.45) is 0 Å². The monoisotopic (exact) mass is 240 g/mol. The molecule has 0 amide bonds. The van der Waals surface area contributed by atoms with Crippen molar-refractivity contribution in [1.82, 2.24) is 0 Å². The molecule has 96 valence electrons. The molecule has 1 rings (SSSR count). The number of methoxy groups -OCH3 is 2. The molecule has 0 heterocycles. The first-order valence-corrected chi connectivity index (χ1v) is 5.62. The first-order valence-electron chi connectivity index (χ1n) is 5.62. The van der Waals surface area contributed by atoms with Crippen molar-refractivity contribution in [1.29, 1.82) is 0 Å². The molecule has 0 aromatic heterocycles. The lowest BCUT2D eigenvalue weighted by Crippen LogP contribution is -2.08. The van der Waals surface area contributed by atoms with Crippen LogP contribution in [-0.2, 0) is 9.47 Å². The molecular formula is C13H20O4. The van der Waals surface area contributed by atoms with Gasteiger partial charge in [0.1, 0.15) is 13.2 Å². The molecule has 0 aliphatic carbocycles. The zero-order valence-corrected chi connectivity index (χ0v) is 10.7. The Morgan fingerprint density at radius 2 is 1.41 bits per heavy atom. The van der Waals surface area contributed by atoms with E-state index in [1.807, 2.05) is 25.1 Å². The van der Waals surface area contributed by atoms with Gasteiger partial charge in [0.15, 0.2) is 11.5 Å². The molecular weight excluding hydrogens is 220 g/mol. The predicted octanol–water partition coefficient (Wildman–Crippen LogP) is 2.05. The van der Waals surface area contributed by atoms with Gasteiger partial charge >= 0.3 is 0 Å². The molecule has 0 N–H and O–H groups in total. The largest absolute Gasteiger partial charge is 0.487 e. The normalized spacial score (nSPS) is 10.3. The number of hydrogen-bond acceptors (Lipinski definition) is 4. The van der Waals surface area contributed by atoms with E-state index in [4.69, 9.17) is 18.9 Å². The lowest BCUT2D eigenvalue weighted by molar-refractivity contribution is 0.132. The van der Waals surface area contributed by atoms with E-state index in [0.717, 1.165) is 17.1 Å². The Morgan fingerprint density at radius 3 is 2.00 bits per heavy atom. The molecule has 0 aliphatic heterocycles. The van der Waals surface area contributed by atoms with Crippen molar-refractivity contribution in [2.45, 2.75) is 6.92 Å². The van der Waals surface area contributed by atoms with E-state index in [1.54, 1.807) is 14.2 Å². The highest BCUT2D eigenvalue weighted by molar-refractivity contribution is 5.42. The number of rotatable bonds is 8. The summed E-state index contributed by atoms with van der Waals surface area (Å²) in [5, 5.41) is 0. The van der Waals surface area contributed by atoms with E-state index >= 15 is 0 Å². The third-order valence-electron chi connectivity index (χ3n) is 2.19. The molecule has 0 aliphatic rings. The van der Waals surface area contributed by atoms with Crippen LogP contribution in [0.3, 0.4) is 0 Å². The topological polar surface area (TPSA) is 36.9 Å². The number of ether oxygens (including phenoxy) is 4. The van der Waals surface area contributed by atoms with Crippen molar-refractivity contribution in [3.8, 4) is 11.5 Å². The second-order valence-electron chi connectivity index (χ2n) is 3.63. The molecule has 0 radical (unpaired) electrons. The lowest BCUT2D eigenvalue weighted by atomic mass is 10.2. The van der Waals surface area contributed by atoms with Crippen molar-refractivity contribution < 1.29 is 18.9 Å². The summed E-state index contributed by atoms with van der Waals surface area (Å²) >= 11 is 0. The Labute approximate surface area is 102 Å². The van der Waals surface area contributed by atoms with Crippen LogP contribution < -0.4 is 9.47 Å². The van der Waals surface area contributed by atoms with Crippen LogP contribution in [0, 0.1) is 6.92 Å². The van der Waals surface area contributed by atoms with E-state index in [0.29, 0.717) is 26.4 Å². The van der Waals surface area contributed by atoms with Gasteiger partial charge in [0, 0.05) is 14.2 Å². The fraction of sp³-hybridized carbons (Fsp3) is 0.538. The molecule has 17 heavy (non-hydrogen) atoms. The van der Waals surface area contributed by atoms with E-state index in [9.17, 15) is 0 Å². The average Bonchev–Trinajstić information content (AvgIpc) is 2.32. The van der Waals surface area contributed by atoms with E-state index in [-0.39, 0.29) is 0 Å². The summed E-state index contributed by atoms with van der Waals surface area (Å²) in [5.41, 5.74) is 1.14. The van der Waals surface area contributed by atoms with E-state index in [2.05, 4.69) is 0 Å². The molecule has 0 bridgehead atoms. The van der Waals surface area contributed by atoms with Crippen LogP contribution in [0.4, 0.5) is 0 Å². The summed E-state index contributed by atoms with van der Waals surface area (Å²) in [4.78, 5) is 0. The highest BCUT2D eigenvalue weighted by atomic mass is 16.5. The van der Waals surface area contributed by atoms with Crippen molar-refractivity contribution in [2.75, 3.05) is 40.6 Å². The van der Waals surface area contributed by atoms with Gasteiger partial charge in [-0.15, -0.1) is 0 Å². The molecule has 1 aromatic rings. The van der Waals surface area contributed by atoms with E-state index in [1.165, 1.54) is 0 Å². The second-order valence-corrected chi connectivity index (χ2v) is 3.63. The third kappa shape index (κ3) is 5.06. The highest BCUT2D eigenvalue weighted by Gasteiger charge is 2.05. The maximum absolute atomic E-state index is 5.60. The summed E-state index contributed by atoms with van der Waals surface area (Å²) in [6.45, 7) is 4.17. The van der Waals surface area contributed by atoms with Crippen LogP contribution in [0.1, 0.15) is 5.56 Å². The minimum atomic E-state index is 0.514. The van der Waals surface area contributed by atoms with E-state index < -0.39 is 0 Å². The minimum absolute atomic E-state index is 0.514. The molecule has 0 saturated heterocycles. The van der Waals surface area contributed by atoms with Crippen LogP contribution in [-0.4, -0.2) is 40.6 Å². The van der Waals surface area contributed by atoms with Crippen molar-refractivity contribution >= 4 is 0 Å². The summed E-state index contributed by atoms with van der Waals surface area (Å²) < 4.78 is 21.1. The number of hydrogen-bond donors (Lipinski definition) is 0. The van der Waals surface area contributed by atoms with Crippen LogP contribution in [0.5, 0.6) is 11.5 Å². The number of benzene rings is 1. The molecule has 4 heteroatoms. The first-order chi connectivity index (χ1) is 8.27.